The van der Waals surface area contributed by atoms with Gasteiger partial charge in [-0.1, -0.05) is 18.2 Å². The molecule has 19 heavy (non-hydrogen) atoms. The lowest BCUT2D eigenvalue weighted by Gasteiger charge is -2.13. The van der Waals surface area contributed by atoms with E-state index in [1.54, 1.807) is 31.6 Å². The number of pyridine rings is 1. The molecule has 0 aliphatic rings. The van der Waals surface area contributed by atoms with Gasteiger partial charge in [-0.15, -0.1) is 0 Å². The van der Waals surface area contributed by atoms with Crippen LogP contribution in [0.1, 0.15) is 23.2 Å². The summed E-state index contributed by atoms with van der Waals surface area (Å²) in [6.45, 7) is 1.81. The molecule has 3 aromatic rings. The SMILES string of the molecule is Cc1nccc(C(O)c2cccc3ccncc23)n1. The van der Waals surface area contributed by atoms with E-state index in [0.717, 1.165) is 16.3 Å². The first-order chi connectivity index (χ1) is 9.25. The first-order valence-electron chi connectivity index (χ1n) is 6.06. The molecule has 1 aromatic carbocycles. The number of benzene rings is 1. The van der Waals surface area contributed by atoms with E-state index < -0.39 is 6.10 Å². The second-order valence-electron chi connectivity index (χ2n) is 4.38. The van der Waals surface area contributed by atoms with E-state index in [1.165, 1.54) is 0 Å². The smallest absolute Gasteiger partial charge is 0.125 e. The van der Waals surface area contributed by atoms with Crippen LogP contribution in [-0.2, 0) is 0 Å². The van der Waals surface area contributed by atoms with Crippen molar-refractivity contribution < 1.29 is 5.11 Å². The number of aryl methyl sites for hydroxylation is 1. The molecular weight excluding hydrogens is 238 g/mol. The van der Waals surface area contributed by atoms with Gasteiger partial charge in [-0.3, -0.25) is 4.98 Å². The number of aromatic nitrogens is 3. The third kappa shape index (κ3) is 2.18. The Hall–Kier alpha value is -2.33. The second kappa shape index (κ2) is 4.74. The molecule has 1 N–H and O–H groups in total. The van der Waals surface area contributed by atoms with Crippen LogP contribution in [0.25, 0.3) is 10.8 Å². The maximum absolute atomic E-state index is 10.5. The Kier molecular flexibility index (Phi) is 2.93. The number of nitrogens with zero attached hydrogens (tertiary/aromatic N) is 3. The van der Waals surface area contributed by atoms with Crippen LogP contribution in [0.5, 0.6) is 0 Å². The molecule has 3 rings (SSSR count). The van der Waals surface area contributed by atoms with E-state index in [2.05, 4.69) is 15.0 Å². The van der Waals surface area contributed by atoms with Gasteiger partial charge in [0.2, 0.25) is 0 Å². The third-order valence-electron chi connectivity index (χ3n) is 3.09. The predicted molar refractivity (Wildman–Crippen MR) is 72.6 cm³/mol. The van der Waals surface area contributed by atoms with Crippen LogP contribution in [-0.4, -0.2) is 20.1 Å². The molecule has 94 valence electrons. The Morgan fingerprint density at radius 2 is 2.00 bits per heavy atom. The molecule has 0 fully saturated rings. The normalized spacial score (nSPS) is 12.5. The topological polar surface area (TPSA) is 58.9 Å². The highest BCUT2D eigenvalue weighted by atomic mass is 16.3. The van der Waals surface area contributed by atoms with Gasteiger partial charge in [0.1, 0.15) is 11.9 Å². The van der Waals surface area contributed by atoms with Crippen LogP contribution in [0.3, 0.4) is 0 Å². The maximum atomic E-state index is 10.5. The van der Waals surface area contributed by atoms with Crippen LogP contribution in [0, 0.1) is 6.92 Å². The van der Waals surface area contributed by atoms with Gasteiger partial charge in [-0.25, -0.2) is 9.97 Å². The lowest BCUT2D eigenvalue weighted by Crippen LogP contribution is -2.04. The molecule has 4 heteroatoms. The van der Waals surface area contributed by atoms with Crippen molar-refractivity contribution >= 4 is 10.8 Å². The zero-order chi connectivity index (χ0) is 13.2. The van der Waals surface area contributed by atoms with Gasteiger partial charge in [0.05, 0.1) is 5.69 Å². The molecule has 2 heterocycles. The summed E-state index contributed by atoms with van der Waals surface area (Å²) in [7, 11) is 0. The molecular formula is C15H13N3O. The Balaban J connectivity index is 2.14. The minimum Gasteiger partial charge on any atom is -0.382 e. The first kappa shape index (κ1) is 11.7. The third-order valence-corrected chi connectivity index (χ3v) is 3.09. The van der Waals surface area contributed by atoms with E-state index in [9.17, 15) is 5.11 Å². The standard InChI is InChI=1S/C15H13N3O/c1-10-17-8-6-14(18-10)15(19)12-4-2-3-11-5-7-16-9-13(11)12/h2-9,15,19H,1H3. The van der Waals surface area contributed by atoms with Crippen molar-refractivity contribution in [2.45, 2.75) is 13.0 Å². The zero-order valence-electron chi connectivity index (χ0n) is 10.5. The van der Waals surface area contributed by atoms with E-state index >= 15 is 0 Å². The second-order valence-corrected chi connectivity index (χ2v) is 4.38. The molecule has 2 aromatic heterocycles. The minimum atomic E-state index is -0.769. The highest BCUT2D eigenvalue weighted by Crippen LogP contribution is 2.27. The predicted octanol–water partition coefficient (Wildman–Crippen LogP) is 2.41. The molecule has 0 saturated carbocycles. The van der Waals surface area contributed by atoms with Gasteiger partial charge < -0.3 is 5.11 Å². The fraction of sp³-hybridized carbons (Fsp3) is 0.133. The zero-order valence-corrected chi connectivity index (χ0v) is 10.5. The van der Waals surface area contributed by atoms with Gasteiger partial charge in [-0.2, -0.15) is 0 Å². The van der Waals surface area contributed by atoms with Crippen molar-refractivity contribution in [3.63, 3.8) is 0 Å². The number of aliphatic hydroxyl groups is 1. The molecule has 4 nitrogen and oxygen atoms in total. The molecule has 0 aliphatic carbocycles. The molecule has 0 radical (unpaired) electrons. The summed E-state index contributed by atoms with van der Waals surface area (Å²) in [6.07, 6.45) is 4.40. The van der Waals surface area contributed by atoms with E-state index in [0.29, 0.717) is 11.5 Å². The average molecular weight is 251 g/mol. The Bertz CT molecular complexity index is 722. The highest BCUT2D eigenvalue weighted by Gasteiger charge is 2.15. The molecule has 0 amide bonds. The Morgan fingerprint density at radius 3 is 2.84 bits per heavy atom. The fourth-order valence-corrected chi connectivity index (χ4v) is 2.16. The van der Waals surface area contributed by atoms with Crippen molar-refractivity contribution in [3.8, 4) is 0 Å². The summed E-state index contributed by atoms with van der Waals surface area (Å²) in [4.78, 5) is 12.4. The van der Waals surface area contributed by atoms with Gasteiger partial charge in [-0.05, 0) is 30.0 Å². The Morgan fingerprint density at radius 1 is 1.11 bits per heavy atom. The number of aliphatic hydroxyl groups excluding tert-OH is 1. The van der Waals surface area contributed by atoms with E-state index in [1.807, 2.05) is 24.3 Å². The quantitative estimate of drug-likeness (QED) is 0.760. The Labute approximate surface area is 110 Å². The van der Waals surface area contributed by atoms with Gasteiger partial charge in [0, 0.05) is 24.0 Å². The van der Waals surface area contributed by atoms with Gasteiger partial charge >= 0.3 is 0 Å². The number of fused-ring (bicyclic) bond motifs is 1. The van der Waals surface area contributed by atoms with Crippen LogP contribution in [0.15, 0.2) is 48.9 Å². The minimum absolute atomic E-state index is 0.601. The van der Waals surface area contributed by atoms with Crippen molar-refractivity contribution in [2.24, 2.45) is 0 Å². The average Bonchev–Trinajstić information content (AvgIpc) is 2.46. The number of hydrogen-bond donors (Lipinski definition) is 1. The van der Waals surface area contributed by atoms with Crippen molar-refractivity contribution in [3.05, 3.63) is 66.0 Å². The van der Waals surface area contributed by atoms with E-state index in [-0.39, 0.29) is 0 Å². The lowest BCUT2D eigenvalue weighted by atomic mass is 10.00. The molecule has 1 unspecified atom stereocenters. The lowest BCUT2D eigenvalue weighted by molar-refractivity contribution is 0.216. The van der Waals surface area contributed by atoms with E-state index in [4.69, 9.17) is 0 Å². The van der Waals surface area contributed by atoms with Crippen LogP contribution < -0.4 is 0 Å². The summed E-state index contributed by atoms with van der Waals surface area (Å²) in [5.74, 6) is 0.648. The molecule has 0 spiro atoms. The summed E-state index contributed by atoms with van der Waals surface area (Å²) >= 11 is 0. The van der Waals surface area contributed by atoms with Gasteiger partial charge in [0.25, 0.3) is 0 Å². The largest absolute Gasteiger partial charge is 0.382 e. The fourth-order valence-electron chi connectivity index (χ4n) is 2.16. The number of rotatable bonds is 2. The highest BCUT2D eigenvalue weighted by molar-refractivity contribution is 5.85. The maximum Gasteiger partial charge on any atom is 0.125 e. The van der Waals surface area contributed by atoms with Crippen molar-refractivity contribution in [1.82, 2.24) is 15.0 Å². The van der Waals surface area contributed by atoms with Crippen LogP contribution in [0.2, 0.25) is 0 Å². The molecule has 1 atom stereocenters. The van der Waals surface area contributed by atoms with Crippen molar-refractivity contribution in [1.29, 1.82) is 0 Å². The molecule has 0 bridgehead atoms. The van der Waals surface area contributed by atoms with Crippen LogP contribution in [0.4, 0.5) is 0 Å². The monoisotopic (exact) mass is 251 g/mol. The molecule has 0 saturated heterocycles. The summed E-state index contributed by atoms with van der Waals surface area (Å²) in [5, 5.41) is 12.5. The first-order valence-corrected chi connectivity index (χ1v) is 6.06. The summed E-state index contributed by atoms with van der Waals surface area (Å²) in [6, 6.07) is 9.48. The summed E-state index contributed by atoms with van der Waals surface area (Å²) < 4.78 is 0. The van der Waals surface area contributed by atoms with Crippen LogP contribution >= 0.6 is 0 Å². The number of hydrogen-bond acceptors (Lipinski definition) is 4. The summed E-state index contributed by atoms with van der Waals surface area (Å²) in [5.41, 5.74) is 1.41. The van der Waals surface area contributed by atoms with Gasteiger partial charge in [0.15, 0.2) is 0 Å². The molecule has 0 aliphatic heterocycles. The van der Waals surface area contributed by atoms with Crippen molar-refractivity contribution in [2.75, 3.05) is 0 Å².